The Morgan fingerprint density at radius 2 is 2.08 bits per heavy atom. The van der Waals surface area contributed by atoms with Crippen LogP contribution in [-0.4, -0.2) is 36.9 Å². The third kappa shape index (κ3) is 3.25. The summed E-state index contributed by atoms with van der Waals surface area (Å²) in [5, 5.41) is 11.0. The molecule has 0 aromatic carbocycles. The molecule has 3 rings (SSSR count). The highest BCUT2D eigenvalue weighted by Gasteiger charge is 2.16. The number of aromatic nitrogens is 4. The van der Waals surface area contributed by atoms with Crippen molar-refractivity contribution in [1.82, 2.24) is 24.6 Å². The van der Waals surface area contributed by atoms with Gasteiger partial charge in [-0.25, -0.2) is 0 Å². The molecule has 0 aliphatic rings. The third-order valence-corrected chi connectivity index (χ3v) is 4.36. The van der Waals surface area contributed by atoms with Gasteiger partial charge in [-0.3, -0.25) is 14.9 Å². The summed E-state index contributed by atoms with van der Waals surface area (Å²) in [7, 11) is 3.52. The van der Waals surface area contributed by atoms with E-state index in [0.717, 1.165) is 0 Å². The standard InChI is InChI=1S/C15H15N5O3S/c1-19-7-3-5-10(19)14(22)16-12(21)9-24-15-18-17-13(20(15)2)11-6-4-8-23-11/h3-8H,9H2,1-2H3,(H,16,21,22). The lowest BCUT2D eigenvalue weighted by atomic mass is 10.4. The maximum Gasteiger partial charge on any atom is 0.274 e. The summed E-state index contributed by atoms with van der Waals surface area (Å²) in [6.45, 7) is 0. The van der Waals surface area contributed by atoms with E-state index in [1.807, 2.05) is 0 Å². The highest BCUT2D eigenvalue weighted by Crippen LogP contribution is 2.22. The Morgan fingerprint density at radius 3 is 2.75 bits per heavy atom. The summed E-state index contributed by atoms with van der Waals surface area (Å²) < 4.78 is 8.66. The van der Waals surface area contributed by atoms with Crippen LogP contribution >= 0.6 is 11.8 Å². The van der Waals surface area contributed by atoms with Gasteiger partial charge in [0.25, 0.3) is 5.91 Å². The van der Waals surface area contributed by atoms with Crippen LogP contribution in [0.5, 0.6) is 0 Å². The number of nitrogens with one attached hydrogen (secondary N) is 1. The van der Waals surface area contributed by atoms with Gasteiger partial charge in [0, 0.05) is 20.3 Å². The van der Waals surface area contributed by atoms with E-state index in [1.54, 1.807) is 60.0 Å². The van der Waals surface area contributed by atoms with Crippen molar-refractivity contribution in [3.63, 3.8) is 0 Å². The lowest BCUT2D eigenvalue weighted by Crippen LogP contribution is -2.33. The zero-order chi connectivity index (χ0) is 17.1. The molecule has 0 spiro atoms. The van der Waals surface area contributed by atoms with Crippen LogP contribution in [0, 0.1) is 0 Å². The molecular formula is C15H15N5O3S. The number of imide groups is 1. The minimum atomic E-state index is -0.428. The van der Waals surface area contributed by atoms with E-state index in [1.165, 1.54) is 11.8 Å². The monoisotopic (exact) mass is 345 g/mol. The first-order valence-corrected chi connectivity index (χ1v) is 8.06. The molecule has 3 aromatic heterocycles. The molecule has 3 heterocycles. The summed E-state index contributed by atoms with van der Waals surface area (Å²) in [4.78, 5) is 23.9. The van der Waals surface area contributed by atoms with Gasteiger partial charge in [-0.15, -0.1) is 10.2 Å². The molecule has 0 aliphatic heterocycles. The van der Waals surface area contributed by atoms with Gasteiger partial charge in [-0.05, 0) is 24.3 Å². The first kappa shape index (κ1) is 16.1. The van der Waals surface area contributed by atoms with Gasteiger partial charge in [0.05, 0.1) is 12.0 Å². The van der Waals surface area contributed by atoms with Crippen molar-refractivity contribution in [2.24, 2.45) is 14.1 Å². The Bertz CT molecular complexity index is 866. The largest absolute Gasteiger partial charge is 0.461 e. The SMILES string of the molecule is Cn1cccc1C(=O)NC(=O)CSc1nnc(-c2ccco2)n1C. The Morgan fingerprint density at radius 1 is 1.25 bits per heavy atom. The minimum Gasteiger partial charge on any atom is -0.461 e. The fraction of sp³-hybridized carbons (Fsp3) is 0.200. The predicted molar refractivity (Wildman–Crippen MR) is 87.3 cm³/mol. The van der Waals surface area contributed by atoms with E-state index in [4.69, 9.17) is 4.42 Å². The van der Waals surface area contributed by atoms with Crippen molar-refractivity contribution in [3.05, 3.63) is 42.4 Å². The van der Waals surface area contributed by atoms with E-state index in [2.05, 4.69) is 15.5 Å². The zero-order valence-corrected chi connectivity index (χ0v) is 13.9. The molecule has 0 radical (unpaired) electrons. The van der Waals surface area contributed by atoms with Crippen LogP contribution in [0.1, 0.15) is 10.5 Å². The van der Waals surface area contributed by atoms with Crippen LogP contribution in [0.25, 0.3) is 11.6 Å². The molecule has 24 heavy (non-hydrogen) atoms. The molecule has 1 N–H and O–H groups in total. The molecule has 0 aliphatic carbocycles. The van der Waals surface area contributed by atoms with E-state index in [9.17, 15) is 9.59 Å². The number of thioether (sulfide) groups is 1. The third-order valence-electron chi connectivity index (χ3n) is 3.34. The lowest BCUT2D eigenvalue weighted by Gasteiger charge is -2.05. The van der Waals surface area contributed by atoms with E-state index >= 15 is 0 Å². The summed E-state index contributed by atoms with van der Waals surface area (Å²) in [5.41, 5.74) is 0.423. The average Bonchev–Trinajstić information content (AvgIpc) is 3.26. The summed E-state index contributed by atoms with van der Waals surface area (Å²) >= 11 is 1.19. The van der Waals surface area contributed by atoms with Crippen molar-refractivity contribution in [2.75, 3.05) is 5.75 Å². The second kappa shape index (κ2) is 6.75. The molecule has 0 bridgehead atoms. The first-order chi connectivity index (χ1) is 11.6. The molecule has 8 nitrogen and oxygen atoms in total. The van der Waals surface area contributed by atoms with Crippen LogP contribution < -0.4 is 5.32 Å². The van der Waals surface area contributed by atoms with Crippen molar-refractivity contribution < 1.29 is 14.0 Å². The molecule has 0 fully saturated rings. The fourth-order valence-corrected chi connectivity index (χ4v) is 2.83. The maximum atomic E-state index is 12.0. The minimum absolute atomic E-state index is 0.0558. The van der Waals surface area contributed by atoms with Crippen molar-refractivity contribution in [1.29, 1.82) is 0 Å². The van der Waals surface area contributed by atoms with Crippen LogP contribution in [0.15, 0.2) is 46.3 Å². The molecule has 2 amide bonds. The maximum absolute atomic E-state index is 12.0. The molecule has 0 atom stereocenters. The molecule has 0 saturated heterocycles. The second-order valence-electron chi connectivity index (χ2n) is 5.01. The molecule has 0 saturated carbocycles. The Hall–Kier alpha value is -2.81. The second-order valence-corrected chi connectivity index (χ2v) is 5.96. The number of aryl methyl sites for hydroxylation is 1. The number of carbonyl (C=O) groups excluding carboxylic acids is 2. The predicted octanol–water partition coefficient (Wildman–Crippen LogP) is 1.46. The highest BCUT2D eigenvalue weighted by atomic mass is 32.2. The smallest absolute Gasteiger partial charge is 0.274 e. The van der Waals surface area contributed by atoms with Gasteiger partial charge in [0.15, 0.2) is 16.7 Å². The number of amides is 2. The number of hydrogen-bond donors (Lipinski definition) is 1. The molecule has 3 aromatic rings. The first-order valence-electron chi connectivity index (χ1n) is 7.08. The molecule has 0 unspecified atom stereocenters. The van der Waals surface area contributed by atoms with Crippen LogP contribution in [-0.2, 0) is 18.9 Å². The Balaban J connectivity index is 1.59. The number of carbonyl (C=O) groups is 2. The van der Waals surface area contributed by atoms with Gasteiger partial charge in [0.1, 0.15) is 5.69 Å². The number of hydrogen-bond acceptors (Lipinski definition) is 6. The summed E-state index contributed by atoms with van der Waals surface area (Å²) in [6.07, 6.45) is 3.29. The van der Waals surface area contributed by atoms with E-state index in [-0.39, 0.29) is 5.75 Å². The van der Waals surface area contributed by atoms with Crippen LogP contribution in [0.3, 0.4) is 0 Å². The number of rotatable bonds is 5. The Labute approximate surface area is 141 Å². The Kier molecular flexibility index (Phi) is 4.52. The van der Waals surface area contributed by atoms with Crippen molar-refractivity contribution >= 4 is 23.6 Å². The number of furan rings is 1. The van der Waals surface area contributed by atoms with Crippen molar-refractivity contribution in [3.8, 4) is 11.6 Å². The average molecular weight is 345 g/mol. The van der Waals surface area contributed by atoms with Gasteiger partial charge < -0.3 is 13.6 Å². The fourth-order valence-electron chi connectivity index (χ4n) is 2.11. The molecule has 9 heteroatoms. The summed E-state index contributed by atoms with van der Waals surface area (Å²) in [6, 6.07) is 6.93. The topological polar surface area (TPSA) is 94.9 Å². The lowest BCUT2D eigenvalue weighted by molar-refractivity contribution is -0.117. The van der Waals surface area contributed by atoms with E-state index in [0.29, 0.717) is 22.4 Å². The van der Waals surface area contributed by atoms with Gasteiger partial charge in [0.2, 0.25) is 5.91 Å². The van der Waals surface area contributed by atoms with Crippen LogP contribution in [0.2, 0.25) is 0 Å². The van der Waals surface area contributed by atoms with Gasteiger partial charge >= 0.3 is 0 Å². The van der Waals surface area contributed by atoms with E-state index < -0.39 is 11.8 Å². The quantitative estimate of drug-likeness (QED) is 0.704. The molecular weight excluding hydrogens is 330 g/mol. The van der Waals surface area contributed by atoms with Gasteiger partial charge in [-0.2, -0.15) is 0 Å². The summed E-state index contributed by atoms with van der Waals surface area (Å²) in [5.74, 6) is 0.402. The zero-order valence-electron chi connectivity index (χ0n) is 13.1. The number of nitrogens with zero attached hydrogens (tertiary/aromatic N) is 4. The van der Waals surface area contributed by atoms with Crippen LogP contribution in [0.4, 0.5) is 0 Å². The highest BCUT2D eigenvalue weighted by molar-refractivity contribution is 7.99. The molecule has 124 valence electrons. The van der Waals surface area contributed by atoms with Crippen molar-refractivity contribution in [2.45, 2.75) is 5.16 Å². The van der Waals surface area contributed by atoms with Gasteiger partial charge in [-0.1, -0.05) is 11.8 Å². The normalized spacial score (nSPS) is 10.8.